The van der Waals surface area contributed by atoms with Gasteiger partial charge in [-0.25, -0.2) is 4.79 Å². The second-order valence-corrected chi connectivity index (χ2v) is 7.58. The summed E-state index contributed by atoms with van der Waals surface area (Å²) in [6, 6.07) is 3.26. The third kappa shape index (κ3) is 8.20. The number of hydrogen-bond donors (Lipinski definition) is 2. The predicted molar refractivity (Wildman–Crippen MR) is 105 cm³/mol. The van der Waals surface area contributed by atoms with Crippen molar-refractivity contribution in [2.75, 3.05) is 11.9 Å². The minimum absolute atomic E-state index is 0.275. The van der Waals surface area contributed by atoms with Crippen molar-refractivity contribution in [3.05, 3.63) is 26.6 Å². The van der Waals surface area contributed by atoms with E-state index >= 15 is 0 Å². The van der Waals surface area contributed by atoms with E-state index in [2.05, 4.69) is 44.1 Å². The molecule has 0 aliphatic carbocycles. The fourth-order valence-electron chi connectivity index (χ4n) is 2.51. The molecule has 0 aliphatic heterocycles. The zero-order chi connectivity index (χ0) is 17.1. The van der Waals surface area contributed by atoms with Crippen molar-refractivity contribution in [3.8, 4) is 0 Å². The molecule has 1 rings (SSSR count). The second kappa shape index (κ2) is 11.9. The highest BCUT2D eigenvalue weighted by atomic mass is 79.9. The molecule has 0 saturated heterocycles. The first-order valence-electron chi connectivity index (χ1n) is 8.52. The summed E-state index contributed by atoms with van der Waals surface area (Å²) in [5.41, 5.74) is 1.20. The molecule has 0 spiro atoms. The minimum atomic E-state index is -0.920. The average molecular weight is 449 g/mol. The second-order valence-electron chi connectivity index (χ2n) is 5.88. The molecular weight excluding hydrogens is 422 g/mol. The molecule has 23 heavy (non-hydrogen) atoms. The van der Waals surface area contributed by atoms with Crippen molar-refractivity contribution in [1.29, 1.82) is 0 Å². The van der Waals surface area contributed by atoms with E-state index in [4.69, 9.17) is 5.11 Å². The highest BCUT2D eigenvalue weighted by molar-refractivity contribution is 9.11. The monoisotopic (exact) mass is 447 g/mol. The van der Waals surface area contributed by atoms with Gasteiger partial charge in [0, 0.05) is 15.5 Å². The molecule has 0 heterocycles. The zero-order valence-corrected chi connectivity index (χ0v) is 17.0. The predicted octanol–water partition coefficient (Wildman–Crippen LogP) is 6.85. The SMILES string of the molecule is CCCCCCCCCCCNc1c(Br)cc(C(=O)O)cc1Br. The van der Waals surface area contributed by atoms with Crippen molar-refractivity contribution < 1.29 is 9.90 Å². The van der Waals surface area contributed by atoms with E-state index in [1.54, 1.807) is 12.1 Å². The van der Waals surface area contributed by atoms with Crippen LogP contribution in [0.3, 0.4) is 0 Å². The van der Waals surface area contributed by atoms with Gasteiger partial charge in [0.25, 0.3) is 0 Å². The number of nitrogens with one attached hydrogen (secondary N) is 1. The van der Waals surface area contributed by atoms with Crippen LogP contribution in [0.25, 0.3) is 0 Å². The van der Waals surface area contributed by atoms with Gasteiger partial charge in [0.2, 0.25) is 0 Å². The summed E-state index contributed by atoms with van der Waals surface area (Å²) in [5.74, 6) is -0.920. The number of benzene rings is 1. The van der Waals surface area contributed by atoms with Gasteiger partial charge in [-0.2, -0.15) is 0 Å². The molecule has 0 fully saturated rings. The number of carboxylic acid groups (broad SMARTS) is 1. The van der Waals surface area contributed by atoms with Crippen LogP contribution in [-0.2, 0) is 0 Å². The Morgan fingerprint density at radius 3 is 1.91 bits per heavy atom. The zero-order valence-electron chi connectivity index (χ0n) is 13.8. The molecule has 130 valence electrons. The van der Waals surface area contributed by atoms with Crippen LogP contribution in [0.5, 0.6) is 0 Å². The van der Waals surface area contributed by atoms with E-state index in [9.17, 15) is 4.79 Å². The van der Waals surface area contributed by atoms with E-state index in [1.807, 2.05) is 0 Å². The van der Waals surface area contributed by atoms with Crippen LogP contribution in [0.4, 0.5) is 5.69 Å². The maximum atomic E-state index is 11.0. The number of aromatic carboxylic acids is 1. The first-order valence-corrected chi connectivity index (χ1v) is 10.1. The summed E-state index contributed by atoms with van der Waals surface area (Å²) in [7, 11) is 0. The van der Waals surface area contributed by atoms with Gasteiger partial charge in [-0.15, -0.1) is 0 Å². The Hall–Kier alpha value is -0.550. The van der Waals surface area contributed by atoms with Crippen LogP contribution in [0, 0.1) is 0 Å². The Balaban J connectivity index is 2.20. The van der Waals surface area contributed by atoms with Crippen molar-refractivity contribution in [2.24, 2.45) is 0 Å². The third-order valence-electron chi connectivity index (χ3n) is 3.87. The lowest BCUT2D eigenvalue weighted by Gasteiger charge is -2.12. The number of rotatable bonds is 12. The molecule has 0 unspecified atom stereocenters. The lowest BCUT2D eigenvalue weighted by molar-refractivity contribution is 0.0696. The fourth-order valence-corrected chi connectivity index (χ4v) is 3.98. The van der Waals surface area contributed by atoms with Crippen LogP contribution in [0.1, 0.15) is 75.1 Å². The Morgan fingerprint density at radius 1 is 0.957 bits per heavy atom. The van der Waals surface area contributed by atoms with Gasteiger partial charge in [-0.1, -0.05) is 58.3 Å². The summed E-state index contributed by atoms with van der Waals surface area (Å²) >= 11 is 6.87. The number of carboxylic acids is 1. The van der Waals surface area contributed by atoms with Gasteiger partial charge >= 0.3 is 5.97 Å². The molecule has 3 nitrogen and oxygen atoms in total. The van der Waals surface area contributed by atoms with Gasteiger partial charge in [-0.05, 0) is 50.4 Å². The molecule has 0 amide bonds. The maximum Gasteiger partial charge on any atom is 0.335 e. The molecule has 0 bridgehead atoms. The Kier molecular flexibility index (Phi) is 10.6. The van der Waals surface area contributed by atoms with Crippen molar-refractivity contribution >= 4 is 43.5 Å². The van der Waals surface area contributed by atoms with Crippen molar-refractivity contribution in [1.82, 2.24) is 0 Å². The minimum Gasteiger partial charge on any atom is -0.478 e. The number of unbranched alkanes of at least 4 members (excludes halogenated alkanes) is 8. The molecule has 2 N–H and O–H groups in total. The first kappa shape index (κ1) is 20.5. The summed E-state index contributed by atoms with van der Waals surface area (Å²) in [5, 5.41) is 12.4. The quantitative estimate of drug-likeness (QED) is 0.343. The number of anilines is 1. The van der Waals surface area contributed by atoms with Crippen LogP contribution >= 0.6 is 31.9 Å². The van der Waals surface area contributed by atoms with Crippen LogP contribution in [0.2, 0.25) is 0 Å². The molecular formula is C18H27Br2NO2. The van der Waals surface area contributed by atoms with Gasteiger partial charge in [0.05, 0.1) is 11.3 Å². The molecule has 1 aromatic carbocycles. The molecule has 5 heteroatoms. The van der Waals surface area contributed by atoms with E-state index in [0.717, 1.165) is 27.6 Å². The van der Waals surface area contributed by atoms with Gasteiger partial charge < -0.3 is 10.4 Å². The first-order chi connectivity index (χ1) is 11.1. The molecule has 0 saturated carbocycles. The lowest BCUT2D eigenvalue weighted by atomic mass is 10.1. The van der Waals surface area contributed by atoms with Gasteiger partial charge in [0.1, 0.15) is 0 Å². The maximum absolute atomic E-state index is 11.0. The Bertz CT molecular complexity index is 469. The highest BCUT2D eigenvalue weighted by Gasteiger charge is 2.11. The topological polar surface area (TPSA) is 49.3 Å². The van der Waals surface area contributed by atoms with Gasteiger partial charge in [0.15, 0.2) is 0 Å². The Morgan fingerprint density at radius 2 is 1.43 bits per heavy atom. The van der Waals surface area contributed by atoms with E-state index in [1.165, 1.54) is 51.4 Å². The standard InChI is InChI=1S/C18H27Br2NO2/c1-2-3-4-5-6-7-8-9-10-11-21-17-15(19)12-14(18(22)23)13-16(17)20/h12-13,21H,2-11H2,1H3,(H,22,23). The smallest absolute Gasteiger partial charge is 0.335 e. The molecule has 0 aliphatic rings. The van der Waals surface area contributed by atoms with Crippen molar-refractivity contribution in [2.45, 2.75) is 64.7 Å². The van der Waals surface area contributed by atoms with E-state index in [0.29, 0.717) is 0 Å². The molecule has 0 atom stereocenters. The Labute approximate surface area is 156 Å². The molecule has 1 aromatic rings. The van der Waals surface area contributed by atoms with Crippen molar-refractivity contribution in [3.63, 3.8) is 0 Å². The number of hydrogen-bond acceptors (Lipinski definition) is 2. The largest absolute Gasteiger partial charge is 0.478 e. The third-order valence-corrected chi connectivity index (χ3v) is 5.12. The fraction of sp³-hybridized carbons (Fsp3) is 0.611. The van der Waals surface area contributed by atoms with Gasteiger partial charge in [-0.3, -0.25) is 0 Å². The summed E-state index contributed by atoms with van der Waals surface area (Å²) in [4.78, 5) is 11.0. The number of halogens is 2. The highest BCUT2D eigenvalue weighted by Crippen LogP contribution is 2.32. The summed E-state index contributed by atoms with van der Waals surface area (Å²) in [6.45, 7) is 3.15. The van der Waals surface area contributed by atoms with E-state index in [-0.39, 0.29) is 5.56 Å². The summed E-state index contributed by atoms with van der Waals surface area (Å²) in [6.07, 6.45) is 11.8. The average Bonchev–Trinajstić information content (AvgIpc) is 2.51. The molecule has 0 aromatic heterocycles. The lowest BCUT2D eigenvalue weighted by Crippen LogP contribution is -2.05. The van der Waals surface area contributed by atoms with E-state index < -0.39 is 5.97 Å². The normalized spacial score (nSPS) is 10.7. The number of carbonyl (C=O) groups is 1. The van der Waals surface area contributed by atoms with Crippen LogP contribution in [0.15, 0.2) is 21.1 Å². The molecule has 0 radical (unpaired) electrons. The summed E-state index contributed by atoms with van der Waals surface area (Å²) < 4.78 is 1.56. The van der Waals surface area contributed by atoms with Crippen LogP contribution < -0.4 is 5.32 Å². The van der Waals surface area contributed by atoms with Crippen LogP contribution in [-0.4, -0.2) is 17.6 Å².